The van der Waals surface area contributed by atoms with Crippen LogP contribution in [0.25, 0.3) is 0 Å². The number of hydrogen-bond donors (Lipinski definition) is 2. The number of hydrogen-bond acceptors (Lipinski definition) is 3. The molecule has 0 radical (unpaired) electrons. The van der Waals surface area contributed by atoms with E-state index in [2.05, 4.69) is 33.3 Å². The molecule has 0 amide bonds. The van der Waals surface area contributed by atoms with Crippen LogP contribution in [0.4, 0.5) is 0 Å². The van der Waals surface area contributed by atoms with Gasteiger partial charge >= 0.3 is 0 Å². The fourth-order valence-electron chi connectivity index (χ4n) is 2.77. The van der Waals surface area contributed by atoms with E-state index in [9.17, 15) is 5.11 Å². The van der Waals surface area contributed by atoms with E-state index in [0.29, 0.717) is 0 Å². The fourth-order valence-corrected chi connectivity index (χ4v) is 3.19. The number of nitrogens with one attached hydrogen (secondary N) is 1. The first kappa shape index (κ1) is 14.0. The second-order valence-electron chi connectivity index (χ2n) is 5.28. The summed E-state index contributed by atoms with van der Waals surface area (Å²) in [6.45, 7) is 7.19. The summed E-state index contributed by atoms with van der Waals surface area (Å²) in [7, 11) is 0. The molecule has 1 saturated heterocycles. The van der Waals surface area contributed by atoms with E-state index in [1.54, 1.807) is 0 Å². The van der Waals surface area contributed by atoms with Crippen molar-refractivity contribution in [2.75, 3.05) is 19.7 Å². The van der Waals surface area contributed by atoms with E-state index in [0.717, 1.165) is 49.1 Å². The van der Waals surface area contributed by atoms with Crippen molar-refractivity contribution in [2.45, 2.75) is 39.7 Å². The molecule has 1 aliphatic heterocycles. The molecule has 0 aliphatic carbocycles. The highest BCUT2D eigenvalue weighted by atomic mass is 79.9. The summed E-state index contributed by atoms with van der Waals surface area (Å²) in [6.07, 6.45) is 3.10. The summed E-state index contributed by atoms with van der Waals surface area (Å²) in [5.74, 6) is 0. The molecule has 1 unspecified atom stereocenters. The Morgan fingerprint density at radius 2 is 2.33 bits per heavy atom. The number of aliphatic hydroxyl groups excluding tert-OH is 1. The molecule has 1 fully saturated rings. The number of aryl methyl sites for hydroxylation is 2. The minimum atomic E-state index is -0.0276. The molecule has 1 aliphatic rings. The van der Waals surface area contributed by atoms with Crippen LogP contribution >= 0.6 is 15.9 Å². The molecule has 2 N–H and O–H groups in total. The Morgan fingerprint density at radius 1 is 1.56 bits per heavy atom. The predicted molar refractivity (Wildman–Crippen MR) is 75.7 cm³/mol. The third-order valence-electron chi connectivity index (χ3n) is 3.89. The van der Waals surface area contributed by atoms with Crippen molar-refractivity contribution < 1.29 is 5.11 Å². The summed E-state index contributed by atoms with van der Waals surface area (Å²) in [5, 5.41) is 17.7. The molecule has 102 valence electrons. The Labute approximate surface area is 117 Å². The highest BCUT2D eigenvalue weighted by Gasteiger charge is 2.33. The van der Waals surface area contributed by atoms with Crippen LogP contribution in [0.2, 0.25) is 0 Å². The summed E-state index contributed by atoms with van der Waals surface area (Å²) in [5.41, 5.74) is 2.22. The lowest BCUT2D eigenvalue weighted by Crippen LogP contribution is -2.44. The van der Waals surface area contributed by atoms with Crippen molar-refractivity contribution in [3.8, 4) is 0 Å². The molecule has 2 rings (SSSR count). The maximum absolute atomic E-state index is 9.78. The van der Waals surface area contributed by atoms with Gasteiger partial charge in [-0.05, 0) is 55.6 Å². The van der Waals surface area contributed by atoms with Crippen LogP contribution in [0.5, 0.6) is 0 Å². The van der Waals surface area contributed by atoms with Gasteiger partial charge in [0.2, 0.25) is 0 Å². The molecule has 0 bridgehead atoms. The van der Waals surface area contributed by atoms with Gasteiger partial charge in [-0.2, -0.15) is 5.10 Å². The minimum absolute atomic E-state index is 0.0276. The molecule has 1 atom stereocenters. The molecule has 0 spiro atoms. The van der Waals surface area contributed by atoms with E-state index in [4.69, 9.17) is 0 Å². The normalized spacial score (nSPS) is 24.4. The average molecular weight is 316 g/mol. The minimum Gasteiger partial charge on any atom is -0.396 e. The van der Waals surface area contributed by atoms with Crippen LogP contribution in [0, 0.1) is 12.3 Å². The molecule has 2 heterocycles. The topological polar surface area (TPSA) is 50.1 Å². The van der Waals surface area contributed by atoms with Gasteiger partial charge in [0.25, 0.3) is 0 Å². The Kier molecular flexibility index (Phi) is 4.45. The van der Waals surface area contributed by atoms with Crippen LogP contribution < -0.4 is 5.32 Å². The van der Waals surface area contributed by atoms with Crippen LogP contribution in [0.3, 0.4) is 0 Å². The Balaban J connectivity index is 2.26. The van der Waals surface area contributed by atoms with Gasteiger partial charge in [0, 0.05) is 18.5 Å². The average Bonchev–Trinajstić information content (AvgIpc) is 2.67. The van der Waals surface area contributed by atoms with Gasteiger partial charge < -0.3 is 10.4 Å². The van der Waals surface area contributed by atoms with E-state index < -0.39 is 0 Å². The van der Waals surface area contributed by atoms with Gasteiger partial charge in [-0.15, -0.1) is 0 Å². The number of nitrogens with zero attached hydrogens (tertiary/aromatic N) is 2. The first-order valence-corrected chi connectivity index (χ1v) is 7.44. The van der Waals surface area contributed by atoms with Crippen molar-refractivity contribution >= 4 is 15.9 Å². The van der Waals surface area contributed by atoms with Crippen LogP contribution in [-0.2, 0) is 13.0 Å². The lowest BCUT2D eigenvalue weighted by Gasteiger charge is -2.36. The van der Waals surface area contributed by atoms with Crippen molar-refractivity contribution in [2.24, 2.45) is 5.41 Å². The molecule has 0 aromatic carbocycles. The fraction of sp³-hybridized carbons (Fsp3) is 0.769. The highest BCUT2D eigenvalue weighted by Crippen LogP contribution is 2.33. The van der Waals surface area contributed by atoms with Crippen LogP contribution in [0.1, 0.15) is 31.2 Å². The molecule has 5 heteroatoms. The molecular formula is C13H22BrN3O. The zero-order valence-corrected chi connectivity index (χ0v) is 12.8. The SMILES string of the molecule is CCn1nc(C)c(Br)c1CC1(CO)CCCNC1. The van der Waals surface area contributed by atoms with E-state index in [1.165, 1.54) is 5.69 Å². The number of rotatable bonds is 4. The zero-order chi connectivity index (χ0) is 13.2. The Morgan fingerprint density at radius 3 is 2.89 bits per heavy atom. The van der Waals surface area contributed by atoms with E-state index in [-0.39, 0.29) is 12.0 Å². The molecule has 0 saturated carbocycles. The Hall–Kier alpha value is -0.390. The maximum atomic E-state index is 9.78. The molecule has 4 nitrogen and oxygen atoms in total. The molecular weight excluding hydrogens is 294 g/mol. The highest BCUT2D eigenvalue weighted by molar-refractivity contribution is 9.10. The zero-order valence-electron chi connectivity index (χ0n) is 11.2. The number of aromatic nitrogens is 2. The third-order valence-corrected chi connectivity index (χ3v) is 4.92. The van der Waals surface area contributed by atoms with Crippen molar-refractivity contribution in [3.63, 3.8) is 0 Å². The van der Waals surface area contributed by atoms with Crippen LogP contribution in [-0.4, -0.2) is 34.6 Å². The van der Waals surface area contributed by atoms with Gasteiger partial charge in [0.15, 0.2) is 0 Å². The smallest absolute Gasteiger partial charge is 0.0738 e. The maximum Gasteiger partial charge on any atom is 0.0738 e. The summed E-state index contributed by atoms with van der Waals surface area (Å²) < 4.78 is 3.15. The number of piperidine rings is 1. The Bertz CT molecular complexity index is 411. The second-order valence-corrected chi connectivity index (χ2v) is 6.07. The third kappa shape index (κ3) is 2.63. The van der Waals surface area contributed by atoms with E-state index in [1.807, 2.05) is 11.6 Å². The summed E-state index contributed by atoms with van der Waals surface area (Å²) >= 11 is 3.64. The second kappa shape index (κ2) is 5.72. The van der Waals surface area contributed by atoms with Crippen LogP contribution in [0.15, 0.2) is 4.47 Å². The largest absolute Gasteiger partial charge is 0.396 e. The standard InChI is InChI=1S/C13H22BrN3O/c1-3-17-11(12(14)10(2)16-17)7-13(9-18)5-4-6-15-8-13/h15,18H,3-9H2,1-2H3. The summed E-state index contributed by atoms with van der Waals surface area (Å²) in [4.78, 5) is 0. The van der Waals surface area contributed by atoms with Gasteiger partial charge in [-0.1, -0.05) is 0 Å². The van der Waals surface area contributed by atoms with Gasteiger partial charge in [0.1, 0.15) is 0 Å². The molecule has 18 heavy (non-hydrogen) atoms. The van der Waals surface area contributed by atoms with Gasteiger partial charge in [-0.25, -0.2) is 0 Å². The monoisotopic (exact) mass is 315 g/mol. The first-order valence-electron chi connectivity index (χ1n) is 6.65. The van der Waals surface area contributed by atoms with Crippen molar-refractivity contribution in [1.82, 2.24) is 15.1 Å². The molecule has 1 aromatic rings. The number of halogens is 1. The van der Waals surface area contributed by atoms with Crippen molar-refractivity contribution in [1.29, 1.82) is 0 Å². The molecule has 1 aromatic heterocycles. The van der Waals surface area contributed by atoms with Crippen molar-refractivity contribution in [3.05, 3.63) is 15.9 Å². The van der Waals surface area contributed by atoms with Gasteiger partial charge in [-0.3, -0.25) is 4.68 Å². The van der Waals surface area contributed by atoms with Gasteiger partial charge in [0.05, 0.1) is 22.5 Å². The quantitative estimate of drug-likeness (QED) is 0.892. The predicted octanol–water partition coefficient (Wildman–Crippen LogP) is 1.88. The first-order chi connectivity index (χ1) is 8.62. The van der Waals surface area contributed by atoms with E-state index >= 15 is 0 Å². The number of aliphatic hydroxyl groups is 1. The lowest BCUT2D eigenvalue weighted by molar-refractivity contribution is 0.0925. The lowest BCUT2D eigenvalue weighted by atomic mass is 9.77. The summed E-state index contributed by atoms with van der Waals surface area (Å²) in [6, 6.07) is 0.